The molecule has 0 saturated heterocycles. The summed E-state index contributed by atoms with van der Waals surface area (Å²) in [4.78, 5) is 0. The molecule has 0 unspecified atom stereocenters. The molecule has 20 heteroatoms. The Morgan fingerprint density at radius 2 is 0.742 bits per heavy atom. The van der Waals surface area contributed by atoms with Crippen LogP contribution in [0.25, 0.3) is 0 Å². The van der Waals surface area contributed by atoms with Gasteiger partial charge in [0, 0.05) is 13.3 Å². The van der Waals surface area contributed by atoms with Gasteiger partial charge in [-0.15, -0.1) is 33.2 Å². The van der Waals surface area contributed by atoms with Crippen molar-refractivity contribution in [1.82, 2.24) is 0 Å². The maximum Gasteiger partial charge on any atom is 0.384 e. The van der Waals surface area contributed by atoms with Gasteiger partial charge in [-0.25, -0.2) is 0 Å². The summed E-state index contributed by atoms with van der Waals surface area (Å²) in [5, 5.41) is 0. The molecule has 0 aliphatic heterocycles. The standard InChI is InChI=1S/C11H7Cl3F16Si/c1-4(15,16)6(19,20)8(23,24)10(27,28)11(29,30)9(25,26)7(21,22)5(17,18)2-3-31(12,13)14/h2-3H2,1H3. The molecule has 0 N–H and O–H groups in total. The fourth-order valence-electron chi connectivity index (χ4n) is 1.75. The first-order valence-electron chi connectivity index (χ1n) is 7.05. The molecule has 0 aliphatic carbocycles. The van der Waals surface area contributed by atoms with E-state index < -0.39 is 72.8 Å². The SMILES string of the molecule is CC(F)(F)C(F)(F)C(F)(F)C(F)(F)C(F)(F)C(F)(F)C(F)(F)C(F)(F)CC[Si](Cl)(Cl)Cl. The van der Waals surface area contributed by atoms with E-state index in [4.69, 9.17) is 33.2 Å². The molecule has 31 heavy (non-hydrogen) atoms. The quantitative estimate of drug-likeness (QED) is 0.140. The van der Waals surface area contributed by atoms with Crippen molar-refractivity contribution in [3.63, 3.8) is 0 Å². The zero-order chi connectivity index (χ0) is 25.9. The van der Waals surface area contributed by atoms with Crippen molar-refractivity contribution >= 4 is 39.2 Å². The molecule has 0 fully saturated rings. The van der Waals surface area contributed by atoms with Gasteiger partial charge in [-0.1, -0.05) is 0 Å². The molecule has 0 aromatic heterocycles. The summed E-state index contributed by atoms with van der Waals surface area (Å²) in [6.07, 6.45) is -2.67. The fraction of sp³-hybridized carbons (Fsp3) is 1.00. The Balaban J connectivity index is 6.56. The summed E-state index contributed by atoms with van der Waals surface area (Å²) in [7, 11) is 0. The molecule has 0 amide bonds. The fourth-order valence-corrected chi connectivity index (χ4v) is 3.20. The van der Waals surface area contributed by atoms with E-state index in [-0.39, 0.29) is 0 Å². The number of hydrogen-bond acceptors (Lipinski definition) is 0. The molecule has 0 atom stereocenters. The molecule has 188 valence electrons. The minimum Gasteiger partial charge on any atom is -0.200 e. The first kappa shape index (κ1) is 31.0. The van der Waals surface area contributed by atoms with E-state index in [0.29, 0.717) is 0 Å². The van der Waals surface area contributed by atoms with E-state index in [9.17, 15) is 70.2 Å². The van der Waals surface area contributed by atoms with Gasteiger partial charge in [0.25, 0.3) is 0 Å². The highest BCUT2D eigenvalue weighted by molar-refractivity contribution is 7.64. The van der Waals surface area contributed by atoms with E-state index in [1.807, 2.05) is 0 Å². The molecule has 0 rings (SSSR count). The van der Waals surface area contributed by atoms with Gasteiger partial charge in [-0.2, -0.15) is 70.2 Å². The molecule has 0 bridgehead atoms. The number of halogens is 19. The molecule has 0 saturated carbocycles. The zero-order valence-electron chi connectivity index (χ0n) is 14.1. The van der Waals surface area contributed by atoms with Gasteiger partial charge < -0.3 is 0 Å². The Morgan fingerprint density at radius 1 is 0.484 bits per heavy atom. The second kappa shape index (κ2) is 8.03. The van der Waals surface area contributed by atoms with E-state index >= 15 is 0 Å². The number of hydrogen-bond donors (Lipinski definition) is 0. The molecule has 0 aromatic carbocycles. The van der Waals surface area contributed by atoms with Gasteiger partial charge in [0.15, 0.2) is 0 Å². The smallest absolute Gasteiger partial charge is 0.200 e. The molecular formula is C11H7Cl3F16Si. The maximum absolute atomic E-state index is 13.5. The van der Waals surface area contributed by atoms with Crippen LogP contribution in [0.2, 0.25) is 6.04 Å². The van der Waals surface area contributed by atoms with Crippen LogP contribution in [0.15, 0.2) is 0 Å². The highest BCUT2D eigenvalue weighted by atomic mass is 35.8. The third-order valence-electron chi connectivity index (χ3n) is 3.70. The molecule has 0 spiro atoms. The highest BCUT2D eigenvalue weighted by Crippen LogP contribution is 2.64. The maximum atomic E-state index is 13.5. The predicted octanol–water partition coefficient (Wildman–Crippen LogP) is 8.13. The summed E-state index contributed by atoms with van der Waals surface area (Å²) in [5.74, 6) is -61.1. The lowest BCUT2D eigenvalue weighted by Crippen LogP contribution is -2.74. The average Bonchev–Trinajstić information content (AvgIpc) is 2.50. The lowest BCUT2D eigenvalue weighted by atomic mass is 9.87. The van der Waals surface area contributed by atoms with Gasteiger partial charge in [0.2, 0.25) is 0 Å². The highest BCUT2D eigenvalue weighted by Gasteiger charge is 2.94. The molecule has 0 aliphatic rings. The van der Waals surface area contributed by atoms with E-state index in [0.717, 1.165) is 0 Å². The van der Waals surface area contributed by atoms with Crippen molar-refractivity contribution < 1.29 is 70.2 Å². The zero-order valence-corrected chi connectivity index (χ0v) is 17.4. The first-order valence-corrected chi connectivity index (χ1v) is 12.3. The van der Waals surface area contributed by atoms with Crippen molar-refractivity contribution in [1.29, 1.82) is 0 Å². The van der Waals surface area contributed by atoms with Crippen LogP contribution in [0.3, 0.4) is 0 Å². The van der Waals surface area contributed by atoms with Gasteiger partial charge >= 0.3 is 53.4 Å². The van der Waals surface area contributed by atoms with Gasteiger partial charge in [-0.05, 0) is 6.04 Å². The van der Waals surface area contributed by atoms with E-state index in [1.54, 1.807) is 0 Å². The second-order valence-corrected chi connectivity index (χ2v) is 15.4. The van der Waals surface area contributed by atoms with Gasteiger partial charge in [0.05, 0.1) is 0 Å². The van der Waals surface area contributed by atoms with Crippen LogP contribution in [0, 0.1) is 0 Å². The second-order valence-electron chi connectivity index (χ2n) is 6.15. The average molecular weight is 578 g/mol. The van der Waals surface area contributed by atoms with E-state index in [1.165, 1.54) is 0 Å². The lowest BCUT2D eigenvalue weighted by molar-refractivity contribution is -0.452. The summed E-state index contributed by atoms with van der Waals surface area (Å²) in [6.45, 7) is -1.21. The Kier molecular flexibility index (Phi) is 8.02. The van der Waals surface area contributed by atoms with Crippen molar-refractivity contribution in [2.75, 3.05) is 0 Å². The molecule has 0 radical (unpaired) electrons. The molecular weight excluding hydrogens is 571 g/mol. The van der Waals surface area contributed by atoms with Crippen LogP contribution in [0.1, 0.15) is 13.3 Å². The minimum absolute atomic E-state index is 1.21. The number of rotatable bonds is 10. The third kappa shape index (κ3) is 4.79. The van der Waals surface area contributed by atoms with Gasteiger partial charge in [0.1, 0.15) is 0 Å². The van der Waals surface area contributed by atoms with Crippen LogP contribution in [0.4, 0.5) is 70.2 Å². The topological polar surface area (TPSA) is 0 Å². The third-order valence-corrected chi connectivity index (χ3v) is 6.22. The van der Waals surface area contributed by atoms with Crippen molar-refractivity contribution in [2.24, 2.45) is 0 Å². The summed E-state index contributed by atoms with van der Waals surface area (Å²) in [6, 6.07) is -6.00. The van der Waals surface area contributed by atoms with Crippen LogP contribution in [-0.2, 0) is 0 Å². The van der Waals surface area contributed by atoms with Crippen molar-refractivity contribution in [3.8, 4) is 0 Å². The Morgan fingerprint density at radius 3 is 1.00 bits per heavy atom. The normalized spacial score (nSPS) is 16.6. The number of alkyl halides is 16. The summed E-state index contributed by atoms with van der Waals surface area (Å²) in [5.41, 5.74) is 0. The van der Waals surface area contributed by atoms with Crippen LogP contribution < -0.4 is 0 Å². The lowest BCUT2D eigenvalue weighted by Gasteiger charge is -2.43. The molecule has 0 heterocycles. The van der Waals surface area contributed by atoms with Crippen molar-refractivity contribution in [2.45, 2.75) is 66.8 Å². The molecule has 0 aromatic rings. The summed E-state index contributed by atoms with van der Waals surface area (Å²) < 4.78 is 212. The minimum atomic E-state index is -8.43. The molecule has 0 nitrogen and oxygen atoms in total. The Bertz CT molecular complexity index is 650. The Labute approximate surface area is 176 Å². The van der Waals surface area contributed by atoms with Crippen LogP contribution >= 0.6 is 33.2 Å². The van der Waals surface area contributed by atoms with Crippen molar-refractivity contribution in [3.05, 3.63) is 0 Å². The Hall–Kier alpha value is -0.0331. The van der Waals surface area contributed by atoms with Crippen LogP contribution in [0.5, 0.6) is 0 Å². The predicted molar refractivity (Wildman–Crippen MR) is 78.0 cm³/mol. The summed E-state index contributed by atoms with van der Waals surface area (Å²) >= 11 is 15.0. The van der Waals surface area contributed by atoms with Crippen LogP contribution in [-0.4, -0.2) is 53.4 Å². The largest absolute Gasteiger partial charge is 0.384 e. The van der Waals surface area contributed by atoms with Gasteiger partial charge in [-0.3, -0.25) is 0 Å². The first-order chi connectivity index (χ1) is 13.0. The monoisotopic (exact) mass is 576 g/mol. The van der Waals surface area contributed by atoms with E-state index in [2.05, 4.69) is 0 Å².